The molecule has 146 valence electrons. The van der Waals surface area contributed by atoms with Crippen LogP contribution in [0.3, 0.4) is 0 Å². The zero-order chi connectivity index (χ0) is 19.9. The van der Waals surface area contributed by atoms with Crippen molar-refractivity contribution in [3.8, 4) is 0 Å². The minimum atomic E-state index is -0.443. The molecule has 27 heavy (non-hydrogen) atoms. The zero-order valence-corrected chi connectivity index (χ0v) is 16.8. The van der Waals surface area contributed by atoms with Crippen LogP contribution in [0.2, 0.25) is 5.02 Å². The summed E-state index contributed by atoms with van der Waals surface area (Å²) in [5.74, 6) is -0.200. The lowest BCUT2D eigenvalue weighted by Gasteiger charge is -2.17. The van der Waals surface area contributed by atoms with Crippen LogP contribution in [-0.4, -0.2) is 28.7 Å². The van der Waals surface area contributed by atoms with Gasteiger partial charge >= 0.3 is 5.97 Å². The maximum atomic E-state index is 12.4. The molecule has 1 aromatic carbocycles. The molecule has 6 nitrogen and oxygen atoms in total. The fourth-order valence-corrected chi connectivity index (χ4v) is 2.94. The Morgan fingerprint density at radius 2 is 1.96 bits per heavy atom. The molecule has 0 spiro atoms. The van der Waals surface area contributed by atoms with E-state index < -0.39 is 5.97 Å². The summed E-state index contributed by atoms with van der Waals surface area (Å²) in [6.45, 7) is 6.51. The SMILES string of the molecule is CC.CCOC(=O)Cn1ccnc(NCC2(c3ccc(Cl)cc3)CC2)c1=O. The number of nitrogens with zero attached hydrogens (tertiary/aromatic N) is 2. The van der Waals surface area contributed by atoms with Gasteiger partial charge in [-0.05, 0) is 37.5 Å². The van der Waals surface area contributed by atoms with E-state index in [1.54, 1.807) is 6.92 Å². The lowest BCUT2D eigenvalue weighted by Crippen LogP contribution is -2.30. The molecule has 0 unspecified atom stereocenters. The van der Waals surface area contributed by atoms with Crippen LogP contribution in [0.1, 0.15) is 39.2 Å². The summed E-state index contributed by atoms with van der Waals surface area (Å²) in [4.78, 5) is 28.1. The van der Waals surface area contributed by atoms with Gasteiger partial charge in [0.15, 0.2) is 5.82 Å². The Bertz CT molecular complexity index is 814. The average Bonchev–Trinajstić information content (AvgIpc) is 3.46. The highest BCUT2D eigenvalue weighted by atomic mass is 35.5. The van der Waals surface area contributed by atoms with Gasteiger partial charge < -0.3 is 10.1 Å². The largest absolute Gasteiger partial charge is 0.465 e. The van der Waals surface area contributed by atoms with Gasteiger partial charge in [0.1, 0.15) is 6.54 Å². The fourth-order valence-electron chi connectivity index (χ4n) is 2.81. The Morgan fingerprint density at radius 3 is 2.56 bits per heavy atom. The van der Waals surface area contributed by atoms with Crippen molar-refractivity contribution >= 4 is 23.4 Å². The Kier molecular flexibility index (Phi) is 7.42. The van der Waals surface area contributed by atoms with Gasteiger partial charge in [0, 0.05) is 29.4 Å². The highest BCUT2D eigenvalue weighted by Crippen LogP contribution is 2.48. The summed E-state index contributed by atoms with van der Waals surface area (Å²) < 4.78 is 6.18. The predicted octanol–water partition coefficient (Wildman–Crippen LogP) is 3.63. The van der Waals surface area contributed by atoms with Crippen molar-refractivity contribution in [1.29, 1.82) is 0 Å². The summed E-state index contributed by atoms with van der Waals surface area (Å²) in [6.07, 6.45) is 5.08. The zero-order valence-electron chi connectivity index (χ0n) is 16.0. The molecular weight excluding hydrogens is 366 g/mol. The third-order valence-electron chi connectivity index (χ3n) is 4.42. The molecule has 0 radical (unpaired) electrons. The van der Waals surface area contributed by atoms with Crippen molar-refractivity contribution in [3.05, 3.63) is 57.6 Å². The van der Waals surface area contributed by atoms with Crippen molar-refractivity contribution in [2.45, 2.75) is 45.6 Å². The first-order valence-corrected chi connectivity index (χ1v) is 9.63. The number of carbonyl (C=O) groups is 1. The number of aromatic nitrogens is 2. The predicted molar refractivity (Wildman–Crippen MR) is 107 cm³/mol. The number of benzene rings is 1. The maximum absolute atomic E-state index is 12.4. The average molecular weight is 392 g/mol. The second-order valence-corrected chi connectivity index (χ2v) is 6.59. The van der Waals surface area contributed by atoms with Gasteiger partial charge in [0.25, 0.3) is 5.56 Å². The minimum absolute atomic E-state index is 0.0144. The Balaban J connectivity index is 0.00000126. The summed E-state index contributed by atoms with van der Waals surface area (Å²) in [5, 5.41) is 3.85. The van der Waals surface area contributed by atoms with Crippen LogP contribution in [0.15, 0.2) is 41.5 Å². The molecule has 0 atom stereocenters. The van der Waals surface area contributed by atoms with Crippen LogP contribution in [0.25, 0.3) is 0 Å². The monoisotopic (exact) mass is 391 g/mol. The van der Waals surface area contributed by atoms with Gasteiger partial charge in [-0.25, -0.2) is 4.98 Å². The molecule has 1 aromatic heterocycles. The van der Waals surface area contributed by atoms with Gasteiger partial charge in [-0.1, -0.05) is 37.6 Å². The highest BCUT2D eigenvalue weighted by Gasteiger charge is 2.44. The van der Waals surface area contributed by atoms with E-state index in [-0.39, 0.29) is 29.9 Å². The standard InChI is InChI=1S/C18H20ClN3O3.C2H6/c1-2-25-15(23)11-22-10-9-20-16(17(22)24)21-12-18(7-8-18)13-3-5-14(19)6-4-13;1-2/h3-6,9-10H,2,7-8,11-12H2,1H3,(H,20,21);1-2H3. The molecule has 2 aromatic rings. The van der Waals surface area contributed by atoms with Crippen molar-refractivity contribution in [2.24, 2.45) is 0 Å². The lowest BCUT2D eigenvalue weighted by atomic mass is 9.96. The summed E-state index contributed by atoms with van der Waals surface area (Å²) in [7, 11) is 0. The van der Waals surface area contributed by atoms with Crippen molar-refractivity contribution in [3.63, 3.8) is 0 Å². The molecule has 1 fully saturated rings. The van der Waals surface area contributed by atoms with E-state index >= 15 is 0 Å². The van der Waals surface area contributed by atoms with Crippen molar-refractivity contribution in [2.75, 3.05) is 18.5 Å². The first kappa shape index (κ1) is 21.0. The molecule has 1 saturated carbocycles. The van der Waals surface area contributed by atoms with Gasteiger partial charge in [-0.2, -0.15) is 0 Å². The number of carbonyl (C=O) groups excluding carboxylic acids is 1. The lowest BCUT2D eigenvalue weighted by molar-refractivity contribution is -0.143. The van der Waals surface area contributed by atoms with Crippen LogP contribution in [0.4, 0.5) is 5.82 Å². The van der Waals surface area contributed by atoms with Crippen LogP contribution >= 0.6 is 11.6 Å². The van der Waals surface area contributed by atoms with Gasteiger partial charge in [-0.15, -0.1) is 0 Å². The second-order valence-electron chi connectivity index (χ2n) is 6.15. The number of anilines is 1. The third-order valence-corrected chi connectivity index (χ3v) is 4.67. The Labute approximate surface area is 164 Å². The topological polar surface area (TPSA) is 73.2 Å². The second kappa shape index (κ2) is 9.55. The van der Waals surface area contributed by atoms with Gasteiger partial charge in [0.05, 0.1) is 6.61 Å². The molecule has 1 heterocycles. The number of hydrogen-bond donors (Lipinski definition) is 1. The molecule has 1 N–H and O–H groups in total. The number of halogens is 1. The van der Waals surface area contributed by atoms with E-state index in [4.69, 9.17) is 16.3 Å². The smallest absolute Gasteiger partial charge is 0.326 e. The fraction of sp³-hybridized carbons (Fsp3) is 0.450. The maximum Gasteiger partial charge on any atom is 0.326 e. The van der Waals surface area contributed by atoms with E-state index in [0.717, 1.165) is 12.8 Å². The molecule has 3 rings (SSSR count). The molecule has 0 aliphatic heterocycles. The summed E-state index contributed by atoms with van der Waals surface area (Å²) in [6, 6.07) is 7.80. The normalized spacial score (nSPS) is 13.9. The van der Waals surface area contributed by atoms with Crippen molar-refractivity contribution < 1.29 is 9.53 Å². The molecular formula is C20H26ClN3O3. The summed E-state index contributed by atoms with van der Waals surface area (Å²) >= 11 is 5.95. The molecule has 0 amide bonds. The number of rotatable bonds is 7. The van der Waals surface area contributed by atoms with Crippen LogP contribution in [0.5, 0.6) is 0 Å². The Hall–Kier alpha value is -2.34. The van der Waals surface area contributed by atoms with E-state index in [0.29, 0.717) is 11.6 Å². The first-order chi connectivity index (χ1) is 13.0. The minimum Gasteiger partial charge on any atom is -0.465 e. The van der Waals surface area contributed by atoms with E-state index in [1.165, 1.54) is 22.5 Å². The quantitative estimate of drug-likeness (QED) is 0.729. The van der Waals surface area contributed by atoms with E-state index in [9.17, 15) is 9.59 Å². The first-order valence-electron chi connectivity index (χ1n) is 9.25. The van der Waals surface area contributed by atoms with E-state index in [2.05, 4.69) is 10.3 Å². The Morgan fingerprint density at radius 1 is 1.30 bits per heavy atom. The van der Waals surface area contributed by atoms with Crippen LogP contribution in [0, 0.1) is 0 Å². The molecule has 0 saturated heterocycles. The molecule has 7 heteroatoms. The van der Waals surface area contributed by atoms with Gasteiger partial charge in [-0.3, -0.25) is 14.2 Å². The third kappa shape index (κ3) is 5.32. The molecule has 1 aliphatic rings. The summed E-state index contributed by atoms with van der Waals surface area (Å²) in [5.41, 5.74) is 0.884. The van der Waals surface area contributed by atoms with E-state index in [1.807, 2.05) is 38.1 Å². The van der Waals surface area contributed by atoms with Crippen LogP contribution < -0.4 is 10.9 Å². The highest BCUT2D eigenvalue weighted by molar-refractivity contribution is 6.30. The van der Waals surface area contributed by atoms with Crippen molar-refractivity contribution in [1.82, 2.24) is 9.55 Å². The number of hydrogen-bond acceptors (Lipinski definition) is 5. The number of esters is 1. The van der Waals surface area contributed by atoms with Crippen LogP contribution in [-0.2, 0) is 21.5 Å². The number of ether oxygens (including phenoxy) is 1. The molecule has 1 aliphatic carbocycles. The molecule has 0 bridgehead atoms. The number of nitrogens with one attached hydrogen (secondary N) is 1. The van der Waals surface area contributed by atoms with Gasteiger partial charge in [0.2, 0.25) is 0 Å².